The van der Waals surface area contributed by atoms with E-state index in [1.807, 2.05) is 0 Å². The van der Waals surface area contributed by atoms with Crippen LogP contribution in [0.1, 0.15) is 29.6 Å². The normalized spacial score (nSPS) is 19.9. The van der Waals surface area contributed by atoms with Gasteiger partial charge in [0.25, 0.3) is 0 Å². The van der Waals surface area contributed by atoms with Gasteiger partial charge in [-0.15, -0.1) is 11.3 Å². The summed E-state index contributed by atoms with van der Waals surface area (Å²) in [4.78, 5) is 4.65. The van der Waals surface area contributed by atoms with Crippen LogP contribution in [0.3, 0.4) is 0 Å². The maximum absolute atomic E-state index is 5.44. The molecule has 1 aromatic heterocycles. The second-order valence-electron chi connectivity index (χ2n) is 4.17. The van der Waals surface area contributed by atoms with Crippen LogP contribution in [-0.2, 0) is 15.9 Å². The summed E-state index contributed by atoms with van der Waals surface area (Å²) >= 11 is 1.74. The van der Waals surface area contributed by atoms with Gasteiger partial charge in [-0.3, -0.25) is 0 Å². The van der Waals surface area contributed by atoms with Crippen molar-refractivity contribution in [2.75, 3.05) is 33.5 Å². The zero-order valence-corrected chi connectivity index (χ0v) is 11.1. The molecule has 1 saturated heterocycles. The summed E-state index contributed by atoms with van der Waals surface area (Å²) in [7, 11) is 1.69. The Morgan fingerprint density at radius 3 is 3.18 bits per heavy atom. The van der Waals surface area contributed by atoms with Crippen LogP contribution >= 0.6 is 11.3 Å². The molecule has 0 spiro atoms. The van der Waals surface area contributed by atoms with Gasteiger partial charge in [-0.2, -0.15) is 0 Å². The van der Waals surface area contributed by atoms with Crippen molar-refractivity contribution in [1.29, 1.82) is 0 Å². The van der Waals surface area contributed by atoms with E-state index in [0.717, 1.165) is 19.6 Å². The molecule has 17 heavy (non-hydrogen) atoms. The first-order valence-electron chi connectivity index (χ1n) is 6.14. The van der Waals surface area contributed by atoms with Crippen LogP contribution in [0.4, 0.5) is 0 Å². The number of thiazole rings is 1. The third-order valence-electron chi connectivity index (χ3n) is 2.88. The Balaban J connectivity index is 1.70. The smallest absolute Gasteiger partial charge is 0.0951 e. The van der Waals surface area contributed by atoms with E-state index in [1.165, 1.54) is 23.5 Å². The van der Waals surface area contributed by atoms with Crippen LogP contribution in [0, 0.1) is 0 Å². The molecule has 1 fully saturated rings. The van der Waals surface area contributed by atoms with Gasteiger partial charge in [0.05, 0.1) is 36.6 Å². The number of ether oxygens (including phenoxy) is 2. The minimum atomic E-state index is 0.481. The van der Waals surface area contributed by atoms with Crippen molar-refractivity contribution in [3.05, 3.63) is 16.1 Å². The Morgan fingerprint density at radius 1 is 1.47 bits per heavy atom. The van der Waals surface area contributed by atoms with Crippen molar-refractivity contribution in [1.82, 2.24) is 10.3 Å². The summed E-state index contributed by atoms with van der Waals surface area (Å²) in [6.07, 6.45) is 3.38. The van der Waals surface area contributed by atoms with E-state index in [1.54, 1.807) is 18.4 Å². The molecule has 0 aliphatic carbocycles. The molecule has 0 aromatic carbocycles. The van der Waals surface area contributed by atoms with Crippen LogP contribution in [0.5, 0.6) is 0 Å². The quantitative estimate of drug-likeness (QED) is 0.755. The highest BCUT2D eigenvalue weighted by atomic mass is 32.1. The topological polar surface area (TPSA) is 43.4 Å². The predicted octanol–water partition coefficient (Wildman–Crippen LogP) is 1.77. The highest BCUT2D eigenvalue weighted by molar-refractivity contribution is 7.09. The first kappa shape index (κ1) is 13.0. The standard InChI is InChI=1S/C12H20N2O2S/c1-15-7-8-16-6-4-12-14-11(9-17-12)10-3-2-5-13-10/h9-10,13H,2-8H2,1H3/t10-/m1/s1. The van der Waals surface area contributed by atoms with Gasteiger partial charge in [-0.25, -0.2) is 4.98 Å². The molecule has 1 aromatic rings. The van der Waals surface area contributed by atoms with Crippen LogP contribution in [0.15, 0.2) is 5.38 Å². The third kappa shape index (κ3) is 4.03. The molecule has 96 valence electrons. The Bertz CT molecular complexity index is 324. The first-order valence-corrected chi connectivity index (χ1v) is 7.02. The monoisotopic (exact) mass is 256 g/mol. The summed E-state index contributed by atoms with van der Waals surface area (Å²) < 4.78 is 10.4. The molecule has 5 heteroatoms. The van der Waals surface area contributed by atoms with Crippen molar-refractivity contribution < 1.29 is 9.47 Å². The van der Waals surface area contributed by atoms with Crippen molar-refractivity contribution in [2.24, 2.45) is 0 Å². The maximum Gasteiger partial charge on any atom is 0.0951 e. The molecule has 2 rings (SSSR count). The zero-order valence-electron chi connectivity index (χ0n) is 10.3. The lowest BCUT2D eigenvalue weighted by molar-refractivity contribution is 0.0722. The van der Waals surface area contributed by atoms with Gasteiger partial charge in [0.1, 0.15) is 0 Å². The summed E-state index contributed by atoms with van der Waals surface area (Å²) in [5, 5.41) is 6.81. The van der Waals surface area contributed by atoms with E-state index in [0.29, 0.717) is 19.3 Å². The van der Waals surface area contributed by atoms with Crippen LogP contribution in [-0.4, -0.2) is 38.5 Å². The maximum atomic E-state index is 5.44. The minimum Gasteiger partial charge on any atom is -0.382 e. The number of rotatable bonds is 7. The second kappa shape index (κ2) is 7.06. The fraction of sp³-hybridized carbons (Fsp3) is 0.750. The van der Waals surface area contributed by atoms with Crippen molar-refractivity contribution in [3.8, 4) is 0 Å². The predicted molar refractivity (Wildman–Crippen MR) is 68.5 cm³/mol. The van der Waals surface area contributed by atoms with Crippen molar-refractivity contribution >= 4 is 11.3 Å². The number of hydrogen-bond acceptors (Lipinski definition) is 5. The molecule has 0 saturated carbocycles. The highest BCUT2D eigenvalue weighted by Gasteiger charge is 2.18. The molecule has 2 heterocycles. The van der Waals surface area contributed by atoms with Gasteiger partial charge in [0.15, 0.2) is 0 Å². The Labute approximate surface area is 106 Å². The largest absolute Gasteiger partial charge is 0.382 e. The van der Waals surface area contributed by atoms with Crippen molar-refractivity contribution in [3.63, 3.8) is 0 Å². The molecule has 1 aliphatic heterocycles. The van der Waals surface area contributed by atoms with E-state index in [4.69, 9.17) is 9.47 Å². The van der Waals surface area contributed by atoms with E-state index in [9.17, 15) is 0 Å². The second-order valence-corrected chi connectivity index (χ2v) is 5.11. The summed E-state index contributed by atoms with van der Waals surface area (Å²) in [6, 6.07) is 0.481. The molecule has 0 radical (unpaired) electrons. The molecule has 1 N–H and O–H groups in total. The fourth-order valence-corrected chi connectivity index (χ4v) is 2.77. The van der Waals surface area contributed by atoms with Gasteiger partial charge >= 0.3 is 0 Å². The van der Waals surface area contributed by atoms with Crippen LogP contribution in [0.25, 0.3) is 0 Å². The minimum absolute atomic E-state index is 0.481. The van der Waals surface area contributed by atoms with E-state index in [-0.39, 0.29) is 0 Å². The number of methoxy groups -OCH3 is 1. The zero-order chi connectivity index (χ0) is 11.9. The average molecular weight is 256 g/mol. The van der Waals surface area contributed by atoms with Gasteiger partial charge in [0, 0.05) is 18.9 Å². The Hall–Kier alpha value is -0.490. The van der Waals surface area contributed by atoms with Gasteiger partial charge < -0.3 is 14.8 Å². The molecule has 4 nitrogen and oxygen atoms in total. The van der Waals surface area contributed by atoms with E-state index < -0.39 is 0 Å². The average Bonchev–Trinajstić information content (AvgIpc) is 2.99. The summed E-state index contributed by atoms with van der Waals surface area (Å²) in [6.45, 7) is 3.18. The lowest BCUT2D eigenvalue weighted by Gasteiger charge is -2.05. The van der Waals surface area contributed by atoms with Gasteiger partial charge in [-0.1, -0.05) is 0 Å². The molecule has 1 atom stereocenters. The number of nitrogens with zero attached hydrogens (tertiary/aromatic N) is 1. The number of hydrogen-bond donors (Lipinski definition) is 1. The molecule has 1 aliphatic rings. The van der Waals surface area contributed by atoms with Gasteiger partial charge in [0.2, 0.25) is 0 Å². The fourth-order valence-electron chi connectivity index (χ4n) is 1.94. The Kier molecular flexibility index (Phi) is 5.38. The molecular formula is C12H20N2O2S. The lowest BCUT2D eigenvalue weighted by atomic mass is 10.2. The summed E-state index contributed by atoms with van der Waals surface area (Å²) in [5.41, 5.74) is 1.21. The molecule has 0 bridgehead atoms. The number of nitrogens with one attached hydrogen (secondary N) is 1. The summed E-state index contributed by atoms with van der Waals surface area (Å²) in [5.74, 6) is 0. The SMILES string of the molecule is COCCOCCc1nc([C@H]2CCCN2)cs1. The van der Waals surface area contributed by atoms with Crippen LogP contribution < -0.4 is 5.32 Å². The first-order chi connectivity index (χ1) is 8.40. The van der Waals surface area contributed by atoms with E-state index in [2.05, 4.69) is 15.7 Å². The van der Waals surface area contributed by atoms with E-state index >= 15 is 0 Å². The molecular weight excluding hydrogens is 236 g/mol. The third-order valence-corrected chi connectivity index (χ3v) is 3.81. The molecule has 0 unspecified atom stereocenters. The molecule has 0 amide bonds. The Morgan fingerprint density at radius 2 is 2.41 bits per heavy atom. The lowest BCUT2D eigenvalue weighted by Crippen LogP contribution is -2.13. The number of aromatic nitrogens is 1. The highest BCUT2D eigenvalue weighted by Crippen LogP contribution is 2.24. The van der Waals surface area contributed by atoms with Crippen molar-refractivity contribution in [2.45, 2.75) is 25.3 Å². The van der Waals surface area contributed by atoms with Gasteiger partial charge in [-0.05, 0) is 19.4 Å². The van der Waals surface area contributed by atoms with Crippen LogP contribution in [0.2, 0.25) is 0 Å².